The fraction of sp³-hybridized carbons (Fsp3) is 0.455. The van der Waals surface area contributed by atoms with Crippen LogP contribution in [0.2, 0.25) is 0 Å². The number of methoxy groups -OCH3 is 1. The fourth-order valence-corrected chi connectivity index (χ4v) is 2.83. The molecule has 1 aliphatic carbocycles. The highest BCUT2D eigenvalue weighted by molar-refractivity contribution is 9.10. The molecule has 0 spiro atoms. The maximum atomic E-state index is 5.85. The van der Waals surface area contributed by atoms with Gasteiger partial charge in [-0.05, 0) is 22.0 Å². The molecule has 1 saturated carbocycles. The van der Waals surface area contributed by atoms with Crippen molar-refractivity contribution < 1.29 is 9.47 Å². The van der Waals surface area contributed by atoms with Crippen LogP contribution in [0.1, 0.15) is 11.5 Å². The predicted octanol–water partition coefficient (Wildman–Crippen LogP) is 2.57. The van der Waals surface area contributed by atoms with Gasteiger partial charge in [-0.2, -0.15) is 0 Å². The molecule has 1 aromatic rings. The van der Waals surface area contributed by atoms with Crippen LogP contribution < -0.4 is 4.74 Å². The minimum absolute atomic E-state index is 0.364. The number of halogens is 1. The number of ether oxygens (including phenoxy) is 2. The predicted molar refractivity (Wildman–Crippen MR) is 56.7 cm³/mol. The largest absolute Gasteiger partial charge is 0.488 e. The van der Waals surface area contributed by atoms with Gasteiger partial charge in [-0.15, -0.1) is 0 Å². The van der Waals surface area contributed by atoms with Crippen LogP contribution in [0.4, 0.5) is 0 Å². The molecule has 1 heterocycles. The summed E-state index contributed by atoms with van der Waals surface area (Å²) < 4.78 is 12.1. The lowest BCUT2D eigenvalue weighted by atomic mass is 10.1. The maximum absolute atomic E-state index is 5.85. The lowest BCUT2D eigenvalue weighted by molar-refractivity contribution is 0.162. The summed E-state index contributed by atoms with van der Waals surface area (Å²) in [5, 5.41) is 0. The van der Waals surface area contributed by atoms with Gasteiger partial charge in [0.15, 0.2) is 0 Å². The first-order chi connectivity index (χ1) is 6.83. The molecule has 0 aromatic heterocycles. The van der Waals surface area contributed by atoms with E-state index in [9.17, 15) is 0 Å². The Morgan fingerprint density at radius 1 is 1.50 bits per heavy atom. The molecule has 74 valence electrons. The average Bonchev–Trinajstić information content (AvgIpc) is 2.70. The highest BCUT2D eigenvalue weighted by atomic mass is 79.9. The first-order valence-electron chi connectivity index (χ1n) is 4.77. The van der Waals surface area contributed by atoms with Crippen LogP contribution in [0.25, 0.3) is 0 Å². The number of fused-ring (bicyclic) bond motifs is 3. The van der Waals surface area contributed by atoms with Gasteiger partial charge in [-0.1, -0.05) is 12.1 Å². The minimum Gasteiger partial charge on any atom is -0.488 e. The maximum Gasteiger partial charge on any atom is 0.137 e. The average molecular weight is 255 g/mol. The van der Waals surface area contributed by atoms with Crippen molar-refractivity contribution in [1.82, 2.24) is 0 Å². The van der Waals surface area contributed by atoms with Gasteiger partial charge in [0.25, 0.3) is 0 Å². The van der Waals surface area contributed by atoms with Crippen molar-refractivity contribution in [3.05, 3.63) is 28.2 Å². The molecule has 2 aliphatic rings. The van der Waals surface area contributed by atoms with Gasteiger partial charge in [-0.25, -0.2) is 0 Å². The third kappa shape index (κ3) is 1.06. The van der Waals surface area contributed by atoms with Gasteiger partial charge in [0, 0.05) is 24.5 Å². The first-order valence-corrected chi connectivity index (χ1v) is 5.56. The second-order valence-electron chi connectivity index (χ2n) is 3.89. The van der Waals surface area contributed by atoms with Gasteiger partial charge in [0.05, 0.1) is 11.1 Å². The van der Waals surface area contributed by atoms with Crippen molar-refractivity contribution in [2.45, 2.75) is 12.0 Å². The molecule has 14 heavy (non-hydrogen) atoms. The van der Waals surface area contributed by atoms with Crippen LogP contribution in [-0.4, -0.2) is 19.8 Å². The molecule has 1 aromatic carbocycles. The summed E-state index contributed by atoms with van der Waals surface area (Å²) >= 11 is 3.50. The number of hydrogen-bond donors (Lipinski definition) is 0. The molecule has 0 radical (unpaired) electrons. The number of hydrogen-bond acceptors (Lipinski definition) is 2. The van der Waals surface area contributed by atoms with Crippen LogP contribution >= 0.6 is 15.9 Å². The third-order valence-electron chi connectivity index (χ3n) is 3.07. The van der Waals surface area contributed by atoms with Crippen molar-refractivity contribution in [2.24, 2.45) is 5.92 Å². The summed E-state index contributed by atoms with van der Waals surface area (Å²) in [6.07, 6.45) is 0.364. The zero-order chi connectivity index (χ0) is 9.71. The summed E-state index contributed by atoms with van der Waals surface area (Å²) in [7, 11) is 1.75. The van der Waals surface area contributed by atoms with E-state index in [0.29, 0.717) is 17.9 Å². The van der Waals surface area contributed by atoms with Crippen molar-refractivity contribution in [2.75, 3.05) is 13.7 Å². The van der Waals surface area contributed by atoms with E-state index in [1.165, 1.54) is 5.56 Å². The van der Waals surface area contributed by atoms with Gasteiger partial charge in [0.1, 0.15) is 11.9 Å². The highest BCUT2D eigenvalue weighted by Crippen LogP contribution is 2.59. The SMILES string of the molecule is COCC1C2Oc3c(Br)cccc3C12. The Bertz CT molecular complexity index is 378. The Morgan fingerprint density at radius 2 is 2.36 bits per heavy atom. The van der Waals surface area contributed by atoms with Crippen molar-refractivity contribution in [3.8, 4) is 5.75 Å². The van der Waals surface area contributed by atoms with Crippen LogP contribution in [-0.2, 0) is 4.74 Å². The van der Waals surface area contributed by atoms with Crippen LogP contribution in [0.15, 0.2) is 22.7 Å². The summed E-state index contributed by atoms with van der Waals surface area (Å²) in [4.78, 5) is 0. The summed E-state index contributed by atoms with van der Waals surface area (Å²) in [6, 6.07) is 6.24. The Hall–Kier alpha value is -0.540. The zero-order valence-corrected chi connectivity index (χ0v) is 9.45. The molecule has 0 saturated heterocycles. The van der Waals surface area contributed by atoms with Gasteiger partial charge in [-0.3, -0.25) is 0 Å². The molecular formula is C11H11BrO2. The molecule has 3 unspecified atom stereocenters. The van der Waals surface area contributed by atoms with Crippen LogP contribution in [0, 0.1) is 5.92 Å². The lowest BCUT2D eigenvalue weighted by Crippen LogP contribution is -2.04. The van der Waals surface area contributed by atoms with E-state index >= 15 is 0 Å². The molecule has 1 fully saturated rings. The van der Waals surface area contributed by atoms with E-state index in [1.54, 1.807) is 7.11 Å². The highest BCUT2D eigenvalue weighted by Gasteiger charge is 2.58. The van der Waals surface area contributed by atoms with E-state index in [4.69, 9.17) is 9.47 Å². The quantitative estimate of drug-likeness (QED) is 0.808. The Labute approximate surface area is 91.3 Å². The zero-order valence-electron chi connectivity index (χ0n) is 7.87. The second-order valence-corrected chi connectivity index (χ2v) is 4.74. The number of para-hydroxylation sites is 1. The van der Waals surface area contributed by atoms with Gasteiger partial charge < -0.3 is 9.47 Å². The number of benzene rings is 1. The molecule has 3 rings (SSSR count). The van der Waals surface area contributed by atoms with Crippen molar-refractivity contribution in [3.63, 3.8) is 0 Å². The monoisotopic (exact) mass is 254 g/mol. The second kappa shape index (κ2) is 2.97. The van der Waals surface area contributed by atoms with Gasteiger partial charge >= 0.3 is 0 Å². The smallest absolute Gasteiger partial charge is 0.137 e. The van der Waals surface area contributed by atoms with Gasteiger partial charge in [0.2, 0.25) is 0 Å². The molecule has 1 aliphatic heterocycles. The number of rotatable bonds is 2. The van der Waals surface area contributed by atoms with E-state index in [-0.39, 0.29) is 0 Å². The summed E-state index contributed by atoms with van der Waals surface area (Å²) in [5.74, 6) is 2.18. The molecule has 0 N–H and O–H groups in total. The standard InChI is InChI=1S/C11H11BrO2/c1-13-5-7-9-6-3-2-4-8(12)10(6)14-11(7)9/h2-4,7,9,11H,5H2,1H3. The van der Waals surface area contributed by atoms with E-state index in [1.807, 2.05) is 6.07 Å². The Kier molecular flexibility index (Phi) is 1.86. The van der Waals surface area contributed by atoms with E-state index < -0.39 is 0 Å². The van der Waals surface area contributed by atoms with Crippen LogP contribution in [0.3, 0.4) is 0 Å². The Morgan fingerprint density at radius 3 is 3.14 bits per heavy atom. The normalized spacial score (nSPS) is 32.0. The molecule has 0 bridgehead atoms. The van der Waals surface area contributed by atoms with Crippen molar-refractivity contribution in [1.29, 1.82) is 0 Å². The lowest BCUT2D eigenvalue weighted by Gasteiger charge is -2.08. The summed E-state index contributed by atoms with van der Waals surface area (Å²) in [6.45, 7) is 0.807. The van der Waals surface area contributed by atoms with E-state index in [0.717, 1.165) is 16.8 Å². The Balaban J connectivity index is 1.91. The molecule has 0 amide bonds. The van der Waals surface area contributed by atoms with E-state index in [2.05, 4.69) is 28.1 Å². The summed E-state index contributed by atoms with van der Waals surface area (Å²) in [5.41, 5.74) is 1.34. The molecular weight excluding hydrogens is 244 g/mol. The minimum atomic E-state index is 0.364. The fourth-order valence-electron chi connectivity index (χ4n) is 2.35. The molecule has 3 heteroatoms. The van der Waals surface area contributed by atoms with Crippen molar-refractivity contribution >= 4 is 15.9 Å². The molecule has 2 nitrogen and oxygen atoms in total. The first kappa shape index (κ1) is 8.74. The molecule has 3 atom stereocenters. The van der Waals surface area contributed by atoms with Crippen LogP contribution in [0.5, 0.6) is 5.75 Å². The third-order valence-corrected chi connectivity index (χ3v) is 3.69. The topological polar surface area (TPSA) is 18.5 Å².